The molecule has 35 heavy (non-hydrogen) atoms. The monoisotopic (exact) mass is 490 g/mol. The van der Waals surface area contributed by atoms with Gasteiger partial charge in [-0.15, -0.1) is 0 Å². The van der Waals surface area contributed by atoms with E-state index in [-0.39, 0.29) is 25.4 Å². The van der Waals surface area contributed by atoms with E-state index in [2.05, 4.69) is 0 Å². The predicted octanol–water partition coefficient (Wildman–Crippen LogP) is 2.38. The van der Waals surface area contributed by atoms with E-state index in [0.29, 0.717) is 23.5 Å². The van der Waals surface area contributed by atoms with E-state index in [9.17, 15) is 15.0 Å². The van der Waals surface area contributed by atoms with Crippen LogP contribution in [0.15, 0.2) is 0 Å². The molecule has 1 spiro atoms. The molecule has 1 aromatic carbocycles. The van der Waals surface area contributed by atoms with Crippen molar-refractivity contribution < 1.29 is 43.4 Å². The van der Waals surface area contributed by atoms with Crippen LogP contribution in [-0.4, -0.2) is 65.4 Å². The fourth-order valence-electron chi connectivity index (χ4n) is 8.26. The highest BCUT2D eigenvalue weighted by molar-refractivity contribution is 5.98. The summed E-state index contributed by atoms with van der Waals surface area (Å²) < 4.78 is 36.4. The highest BCUT2D eigenvalue weighted by Crippen LogP contribution is 2.70. The van der Waals surface area contributed by atoms with Gasteiger partial charge in [0.2, 0.25) is 0 Å². The zero-order valence-electron chi connectivity index (χ0n) is 21.3. The fraction of sp³-hybridized carbons (Fsp3) is 0.731. The number of rotatable bonds is 2. The van der Waals surface area contributed by atoms with Crippen molar-refractivity contribution in [2.75, 3.05) is 14.2 Å². The number of aliphatic hydroxyl groups excluding tert-OH is 2. The highest BCUT2D eigenvalue weighted by atomic mass is 16.9. The number of methoxy groups -OCH3 is 2. The molecule has 0 amide bonds. The standard InChI is InChI=1S/C26H34O9/c1-12-14-11-32-21(29)18(14)20(30-6)13-8-15-23(4,33-19(12)13)9-17(28)26-22(2,3)34-25(31-7,35-26)10-16(27)24(15,26)5/h15-17,27-28H,8-11H2,1-7H3/t15-,16+,17+,23+,24+,25-,26+/m1/s1. The Balaban J connectivity index is 1.58. The van der Waals surface area contributed by atoms with Crippen LogP contribution >= 0.6 is 0 Å². The first-order valence-corrected chi connectivity index (χ1v) is 12.2. The molecule has 2 N–H and O–H groups in total. The molecule has 2 bridgehead atoms. The molecule has 6 rings (SSSR count). The van der Waals surface area contributed by atoms with Crippen LogP contribution in [0, 0.1) is 18.3 Å². The largest absolute Gasteiger partial charge is 0.495 e. The predicted molar refractivity (Wildman–Crippen MR) is 121 cm³/mol. The van der Waals surface area contributed by atoms with Gasteiger partial charge in [-0.05, 0) is 39.7 Å². The van der Waals surface area contributed by atoms with Gasteiger partial charge < -0.3 is 38.6 Å². The van der Waals surface area contributed by atoms with Gasteiger partial charge in [0.05, 0.1) is 25.7 Å². The lowest BCUT2D eigenvalue weighted by atomic mass is 9.45. The van der Waals surface area contributed by atoms with Crippen LogP contribution in [0.5, 0.6) is 11.5 Å². The van der Waals surface area contributed by atoms with Gasteiger partial charge in [0.1, 0.15) is 40.5 Å². The number of carbonyl (C=O) groups excluding carboxylic acids is 1. The fourth-order valence-corrected chi connectivity index (χ4v) is 8.26. The van der Waals surface area contributed by atoms with Gasteiger partial charge in [0, 0.05) is 36.0 Å². The van der Waals surface area contributed by atoms with Crippen LogP contribution in [0.2, 0.25) is 0 Å². The van der Waals surface area contributed by atoms with Crippen LogP contribution in [-0.2, 0) is 32.0 Å². The second kappa shape index (κ2) is 6.69. The molecule has 0 unspecified atom stereocenters. The summed E-state index contributed by atoms with van der Waals surface area (Å²) >= 11 is 0. The molecule has 4 heterocycles. The van der Waals surface area contributed by atoms with Crippen LogP contribution in [0.4, 0.5) is 0 Å². The molecule has 1 saturated carbocycles. The van der Waals surface area contributed by atoms with E-state index in [1.165, 1.54) is 14.2 Å². The third-order valence-electron chi connectivity index (χ3n) is 9.77. The van der Waals surface area contributed by atoms with Crippen molar-refractivity contribution in [3.8, 4) is 11.5 Å². The lowest BCUT2D eigenvalue weighted by Crippen LogP contribution is -2.80. The van der Waals surface area contributed by atoms with Gasteiger partial charge in [-0.25, -0.2) is 4.79 Å². The molecular weight excluding hydrogens is 456 g/mol. The number of carbonyl (C=O) groups is 1. The van der Waals surface area contributed by atoms with Gasteiger partial charge in [-0.1, -0.05) is 6.92 Å². The third-order valence-corrected chi connectivity index (χ3v) is 9.77. The van der Waals surface area contributed by atoms with Gasteiger partial charge in [0.15, 0.2) is 0 Å². The maximum absolute atomic E-state index is 12.6. The lowest BCUT2D eigenvalue weighted by molar-refractivity contribution is -0.410. The molecule has 2 saturated heterocycles. The van der Waals surface area contributed by atoms with Crippen molar-refractivity contribution in [2.24, 2.45) is 11.3 Å². The SMILES string of the molecule is COc1c2c(c(C)c3c1C(=O)OC3)O[C@@]1(C)C[C@H](O)[C@@]34O[C@@](OC)(C[C@H](O)[C@]3(C)[C@@H]1C2)OC4(C)C. The minimum atomic E-state index is -1.44. The van der Waals surface area contributed by atoms with Crippen molar-refractivity contribution in [1.29, 1.82) is 0 Å². The molecule has 192 valence electrons. The summed E-state index contributed by atoms with van der Waals surface area (Å²) in [4.78, 5) is 12.6. The maximum Gasteiger partial charge on any atom is 0.342 e. The van der Waals surface area contributed by atoms with E-state index in [0.717, 1.165) is 16.7 Å². The molecule has 5 aliphatic rings. The molecule has 1 aromatic rings. The number of fused-ring (bicyclic) bond motifs is 5. The topological polar surface area (TPSA) is 113 Å². The van der Waals surface area contributed by atoms with Gasteiger partial charge >= 0.3 is 5.97 Å². The van der Waals surface area contributed by atoms with Crippen molar-refractivity contribution in [1.82, 2.24) is 0 Å². The molecule has 3 fully saturated rings. The number of esters is 1. The quantitative estimate of drug-likeness (QED) is 0.603. The Morgan fingerprint density at radius 2 is 1.71 bits per heavy atom. The number of ether oxygens (including phenoxy) is 6. The summed E-state index contributed by atoms with van der Waals surface area (Å²) in [5.74, 6) is -1.05. The summed E-state index contributed by atoms with van der Waals surface area (Å²) in [6, 6.07) is 0. The van der Waals surface area contributed by atoms with Crippen molar-refractivity contribution >= 4 is 5.97 Å². The Morgan fingerprint density at radius 1 is 1.00 bits per heavy atom. The molecular formula is C26H34O9. The van der Waals surface area contributed by atoms with E-state index < -0.39 is 46.4 Å². The van der Waals surface area contributed by atoms with Crippen LogP contribution < -0.4 is 9.47 Å². The Bertz CT molecular complexity index is 1150. The average Bonchev–Trinajstić information content (AvgIpc) is 3.26. The van der Waals surface area contributed by atoms with Gasteiger partial charge in [-0.2, -0.15) is 0 Å². The Kier molecular flexibility index (Phi) is 4.49. The first-order valence-electron chi connectivity index (χ1n) is 12.2. The van der Waals surface area contributed by atoms with Crippen molar-refractivity contribution in [3.05, 3.63) is 22.3 Å². The Hall–Kier alpha value is -1.91. The lowest BCUT2D eigenvalue weighted by Gasteiger charge is -2.67. The summed E-state index contributed by atoms with van der Waals surface area (Å²) in [6.07, 6.45) is -1.12. The van der Waals surface area contributed by atoms with E-state index in [4.69, 9.17) is 28.4 Å². The van der Waals surface area contributed by atoms with Crippen molar-refractivity contribution in [2.45, 2.75) is 95.5 Å². The number of hydrogen-bond acceptors (Lipinski definition) is 9. The van der Waals surface area contributed by atoms with Crippen molar-refractivity contribution in [3.63, 3.8) is 0 Å². The Morgan fingerprint density at radius 3 is 2.37 bits per heavy atom. The summed E-state index contributed by atoms with van der Waals surface area (Å²) in [5, 5.41) is 23.5. The molecule has 7 atom stereocenters. The van der Waals surface area contributed by atoms with E-state index in [1.807, 2.05) is 34.6 Å². The normalized spacial score (nSPS) is 44.5. The second-order valence-corrected chi connectivity index (χ2v) is 11.6. The minimum absolute atomic E-state index is 0.0873. The zero-order chi connectivity index (χ0) is 25.3. The molecule has 9 nitrogen and oxygen atoms in total. The molecule has 0 radical (unpaired) electrons. The minimum Gasteiger partial charge on any atom is -0.495 e. The summed E-state index contributed by atoms with van der Waals surface area (Å²) in [6.45, 7) is 9.78. The smallest absolute Gasteiger partial charge is 0.342 e. The number of benzene rings is 1. The average molecular weight is 491 g/mol. The molecule has 1 aliphatic carbocycles. The van der Waals surface area contributed by atoms with Gasteiger partial charge in [0.25, 0.3) is 5.97 Å². The molecule has 0 aromatic heterocycles. The number of hydrogen-bond donors (Lipinski definition) is 2. The number of cyclic esters (lactones) is 1. The zero-order valence-corrected chi connectivity index (χ0v) is 21.3. The van der Waals surface area contributed by atoms with E-state index >= 15 is 0 Å². The third kappa shape index (κ3) is 2.44. The van der Waals surface area contributed by atoms with Crippen LogP contribution in [0.1, 0.15) is 67.6 Å². The number of aliphatic hydroxyl groups is 2. The van der Waals surface area contributed by atoms with Crippen LogP contribution in [0.25, 0.3) is 0 Å². The molecule has 4 aliphatic heterocycles. The highest BCUT2D eigenvalue weighted by Gasteiger charge is 2.83. The Labute approximate surface area is 204 Å². The molecule has 9 heteroatoms. The first-order chi connectivity index (χ1) is 16.3. The van der Waals surface area contributed by atoms with Gasteiger partial charge in [-0.3, -0.25) is 0 Å². The van der Waals surface area contributed by atoms with Crippen LogP contribution in [0.3, 0.4) is 0 Å². The first kappa shape index (κ1) is 23.5. The summed E-state index contributed by atoms with van der Waals surface area (Å²) in [5.41, 5.74) is -1.24. The maximum atomic E-state index is 12.6. The second-order valence-electron chi connectivity index (χ2n) is 11.6. The van der Waals surface area contributed by atoms with E-state index in [1.54, 1.807) is 0 Å². The summed E-state index contributed by atoms with van der Waals surface area (Å²) in [7, 11) is 3.02.